The quantitative estimate of drug-likeness (QED) is 0.733. The largest absolute Gasteiger partial charge is 0.451 e. The molecule has 138 valence electrons. The Morgan fingerprint density at radius 1 is 1.23 bits per heavy atom. The van der Waals surface area contributed by atoms with Crippen molar-refractivity contribution >= 4 is 32.6 Å². The van der Waals surface area contributed by atoms with Crippen molar-refractivity contribution in [1.82, 2.24) is 9.88 Å². The summed E-state index contributed by atoms with van der Waals surface area (Å²) in [6.45, 7) is 1.71. The van der Waals surface area contributed by atoms with E-state index >= 15 is 0 Å². The Hall–Kier alpha value is -2.48. The molecule has 1 aliphatic heterocycles. The van der Waals surface area contributed by atoms with Crippen molar-refractivity contribution in [2.45, 2.75) is 19.4 Å². The molecule has 0 aliphatic carbocycles. The number of aromatic nitrogens is 1. The van der Waals surface area contributed by atoms with Crippen molar-refractivity contribution in [3.8, 4) is 0 Å². The van der Waals surface area contributed by atoms with Crippen LogP contribution in [0.25, 0.3) is 10.9 Å². The van der Waals surface area contributed by atoms with E-state index in [9.17, 15) is 18.0 Å². The molecule has 1 aromatic heterocycles. The third-order valence-corrected chi connectivity index (χ3v) is 6.19. The number of pyridine rings is 1. The molecule has 1 aliphatic rings. The second kappa shape index (κ2) is 7.41. The molecule has 7 nitrogen and oxygen atoms in total. The maximum atomic E-state index is 12.4. The first-order valence-electron chi connectivity index (χ1n) is 8.42. The molecule has 0 bridgehead atoms. The van der Waals surface area contributed by atoms with Gasteiger partial charge in [0.25, 0.3) is 5.91 Å². The van der Waals surface area contributed by atoms with E-state index in [2.05, 4.69) is 4.98 Å². The second-order valence-corrected chi connectivity index (χ2v) is 8.43. The molecule has 26 heavy (non-hydrogen) atoms. The number of para-hydroxylation sites is 1. The first-order chi connectivity index (χ1) is 12.4. The summed E-state index contributed by atoms with van der Waals surface area (Å²) in [6.07, 6.45) is 0.419. The van der Waals surface area contributed by atoms with Crippen molar-refractivity contribution in [3.05, 3.63) is 42.1 Å². The van der Waals surface area contributed by atoms with Gasteiger partial charge in [0.05, 0.1) is 17.0 Å². The number of carbonyl (C=O) groups excluding carboxylic acids is 2. The molecule has 1 saturated heterocycles. The van der Waals surface area contributed by atoms with E-state index in [-0.39, 0.29) is 23.2 Å². The summed E-state index contributed by atoms with van der Waals surface area (Å²) in [5.41, 5.74) is 0.794. The van der Waals surface area contributed by atoms with Crippen LogP contribution in [-0.2, 0) is 19.4 Å². The highest BCUT2D eigenvalue weighted by Crippen LogP contribution is 2.18. The summed E-state index contributed by atoms with van der Waals surface area (Å²) < 4.78 is 28.3. The number of likely N-dealkylation sites (N-methyl/N-ethyl adjacent to an activating group) is 1. The van der Waals surface area contributed by atoms with Crippen molar-refractivity contribution in [2.24, 2.45) is 0 Å². The fourth-order valence-electron chi connectivity index (χ4n) is 3.12. The highest BCUT2D eigenvalue weighted by molar-refractivity contribution is 7.91. The Morgan fingerprint density at radius 3 is 2.69 bits per heavy atom. The molecule has 1 amide bonds. The molecule has 8 heteroatoms. The predicted molar refractivity (Wildman–Crippen MR) is 96.5 cm³/mol. The monoisotopic (exact) mass is 376 g/mol. The number of nitrogens with zero attached hydrogens (tertiary/aromatic N) is 2. The summed E-state index contributed by atoms with van der Waals surface area (Å²) in [4.78, 5) is 30.2. The summed E-state index contributed by atoms with van der Waals surface area (Å²) in [6, 6.07) is 10.3. The van der Waals surface area contributed by atoms with Crippen LogP contribution in [0.2, 0.25) is 0 Å². The van der Waals surface area contributed by atoms with E-state index in [4.69, 9.17) is 4.74 Å². The molecule has 0 N–H and O–H groups in total. The van der Waals surface area contributed by atoms with Crippen LogP contribution in [-0.4, -0.2) is 60.9 Å². The van der Waals surface area contributed by atoms with Crippen molar-refractivity contribution in [1.29, 1.82) is 0 Å². The normalized spacial score (nSPS) is 18.6. The predicted octanol–water partition coefficient (Wildman–Crippen LogP) is 1.43. The molecule has 1 aromatic carbocycles. The Kier molecular flexibility index (Phi) is 5.22. The lowest BCUT2D eigenvalue weighted by Gasteiger charge is -2.26. The number of rotatable bonds is 5. The minimum atomic E-state index is -3.09. The van der Waals surface area contributed by atoms with Gasteiger partial charge in [-0.25, -0.2) is 18.2 Å². The molecule has 2 aromatic rings. The molecule has 0 unspecified atom stereocenters. The molecule has 1 fully saturated rings. The SMILES string of the molecule is CCN(C(=O)COC(=O)c1ccc2ccccc2n1)[C@@H]1CCS(=O)(=O)C1. The van der Waals surface area contributed by atoms with Gasteiger partial charge in [0.1, 0.15) is 5.69 Å². The lowest BCUT2D eigenvalue weighted by Crippen LogP contribution is -2.43. The minimum absolute atomic E-state index is 0.0350. The van der Waals surface area contributed by atoms with Crippen molar-refractivity contribution in [2.75, 3.05) is 24.7 Å². The number of ether oxygens (including phenoxy) is 1. The Morgan fingerprint density at radius 2 is 2.00 bits per heavy atom. The topological polar surface area (TPSA) is 93.6 Å². The third kappa shape index (κ3) is 4.01. The van der Waals surface area contributed by atoms with Crippen LogP contribution in [0.5, 0.6) is 0 Å². The van der Waals surface area contributed by atoms with Gasteiger partial charge in [-0.2, -0.15) is 0 Å². The first kappa shape index (κ1) is 18.3. The van der Waals surface area contributed by atoms with Crippen molar-refractivity contribution < 1.29 is 22.7 Å². The lowest BCUT2D eigenvalue weighted by molar-refractivity contribution is -0.136. The number of carbonyl (C=O) groups is 2. The summed E-state index contributed by atoms with van der Waals surface area (Å²) in [5, 5.41) is 0.903. The van der Waals surface area contributed by atoms with Crippen LogP contribution in [0.1, 0.15) is 23.8 Å². The van der Waals surface area contributed by atoms with Gasteiger partial charge in [0.2, 0.25) is 0 Å². The van der Waals surface area contributed by atoms with Gasteiger partial charge in [0, 0.05) is 18.0 Å². The van der Waals surface area contributed by atoms with Crippen LogP contribution < -0.4 is 0 Å². The maximum absolute atomic E-state index is 12.4. The average Bonchev–Trinajstić information content (AvgIpc) is 2.99. The molecular formula is C18H20N2O5S. The fraction of sp³-hybridized carbons (Fsp3) is 0.389. The molecule has 0 spiro atoms. The van der Waals surface area contributed by atoms with E-state index in [0.29, 0.717) is 18.5 Å². The number of benzene rings is 1. The first-order valence-corrected chi connectivity index (χ1v) is 10.2. The average molecular weight is 376 g/mol. The van der Waals surface area contributed by atoms with Crippen LogP contribution in [0.4, 0.5) is 0 Å². The Balaban J connectivity index is 1.63. The minimum Gasteiger partial charge on any atom is -0.451 e. The lowest BCUT2D eigenvalue weighted by atomic mass is 10.2. The number of hydrogen-bond donors (Lipinski definition) is 0. The van der Waals surface area contributed by atoms with Crippen molar-refractivity contribution in [3.63, 3.8) is 0 Å². The number of esters is 1. The fourth-order valence-corrected chi connectivity index (χ4v) is 4.85. The van der Waals surface area contributed by atoms with Gasteiger partial charge in [0.15, 0.2) is 16.4 Å². The van der Waals surface area contributed by atoms with E-state index in [1.54, 1.807) is 25.1 Å². The Bertz CT molecular complexity index is 942. The zero-order valence-corrected chi connectivity index (χ0v) is 15.2. The second-order valence-electron chi connectivity index (χ2n) is 6.20. The third-order valence-electron chi connectivity index (χ3n) is 4.44. The highest BCUT2D eigenvalue weighted by Gasteiger charge is 2.34. The number of amides is 1. The molecule has 1 atom stereocenters. The molecular weight excluding hydrogens is 356 g/mol. The van der Waals surface area contributed by atoms with Crippen LogP contribution in [0, 0.1) is 0 Å². The van der Waals surface area contributed by atoms with Gasteiger partial charge in [-0.15, -0.1) is 0 Å². The van der Waals surface area contributed by atoms with Gasteiger partial charge in [-0.1, -0.05) is 24.3 Å². The molecule has 0 saturated carbocycles. The van der Waals surface area contributed by atoms with Crippen LogP contribution >= 0.6 is 0 Å². The standard InChI is InChI=1S/C18H20N2O5S/c1-2-20(14-9-10-26(23,24)12-14)17(21)11-25-18(22)16-8-7-13-5-3-4-6-15(13)19-16/h3-8,14H,2,9-12H2,1H3/t14-/m1/s1. The van der Waals surface area contributed by atoms with Gasteiger partial charge >= 0.3 is 5.97 Å². The number of fused-ring (bicyclic) bond motifs is 1. The molecule has 3 rings (SSSR count). The smallest absolute Gasteiger partial charge is 0.357 e. The summed E-state index contributed by atoms with van der Waals surface area (Å²) in [5.74, 6) is -1.03. The molecule has 0 radical (unpaired) electrons. The van der Waals surface area contributed by atoms with Crippen LogP contribution in [0.3, 0.4) is 0 Å². The molecule has 2 heterocycles. The van der Waals surface area contributed by atoms with E-state index in [1.165, 1.54) is 4.90 Å². The zero-order valence-electron chi connectivity index (χ0n) is 14.4. The Labute approximate surface area is 151 Å². The maximum Gasteiger partial charge on any atom is 0.357 e. The van der Waals surface area contributed by atoms with Gasteiger partial charge in [-0.05, 0) is 25.5 Å². The number of sulfone groups is 1. The summed E-state index contributed by atoms with van der Waals surface area (Å²) >= 11 is 0. The highest BCUT2D eigenvalue weighted by atomic mass is 32.2. The van der Waals surface area contributed by atoms with E-state index < -0.39 is 28.3 Å². The van der Waals surface area contributed by atoms with Gasteiger partial charge < -0.3 is 9.64 Å². The van der Waals surface area contributed by atoms with Crippen LogP contribution in [0.15, 0.2) is 36.4 Å². The zero-order chi connectivity index (χ0) is 18.7. The van der Waals surface area contributed by atoms with E-state index in [0.717, 1.165) is 5.39 Å². The number of hydrogen-bond acceptors (Lipinski definition) is 6. The van der Waals surface area contributed by atoms with E-state index in [1.807, 2.05) is 18.2 Å². The summed E-state index contributed by atoms with van der Waals surface area (Å²) in [7, 11) is -3.09. The van der Waals surface area contributed by atoms with Gasteiger partial charge in [-0.3, -0.25) is 4.79 Å².